The van der Waals surface area contributed by atoms with Crippen LogP contribution >= 0.6 is 0 Å². The zero-order valence-corrected chi connectivity index (χ0v) is 14.4. The van der Waals surface area contributed by atoms with Crippen molar-refractivity contribution in [2.75, 3.05) is 13.7 Å². The van der Waals surface area contributed by atoms with Crippen LogP contribution in [0, 0.1) is 0 Å². The van der Waals surface area contributed by atoms with Gasteiger partial charge in [-0.2, -0.15) is 0 Å². The zero-order chi connectivity index (χ0) is 18.2. The van der Waals surface area contributed by atoms with Crippen LogP contribution < -0.4 is 21.1 Å². The largest absolute Gasteiger partial charge is 0.496 e. The van der Waals surface area contributed by atoms with E-state index < -0.39 is 6.04 Å². The number of carbonyl (C=O) groups is 2. The molecule has 1 aromatic heterocycles. The predicted molar refractivity (Wildman–Crippen MR) is 93.0 cm³/mol. The maximum atomic E-state index is 12.3. The van der Waals surface area contributed by atoms with Gasteiger partial charge in [0.1, 0.15) is 17.6 Å². The number of nitrogens with zero attached hydrogens (tertiary/aromatic N) is 2. The smallest absolute Gasteiger partial charge is 0.315 e. The van der Waals surface area contributed by atoms with Gasteiger partial charge in [-0.1, -0.05) is 18.2 Å². The van der Waals surface area contributed by atoms with E-state index in [1.54, 1.807) is 13.3 Å². The lowest BCUT2D eigenvalue weighted by Crippen LogP contribution is -2.40. The third kappa shape index (κ3) is 4.97. The van der Waals surface area contributed by atoms with E-state index in [4.69, 9.17) is 10.5 Å². The standard InChI is InChI=1S/C17H23N5O3/c1-22-11-10-19-16(22)15(12-6-3-4-7-13(12)25-2)21-17(24)20-9-5-8-14(18)23/h3-4,6-7,10-11,15H,5,8-9H2,1-2H3,(H2,18,23)(H2,20,21,24). The summed E-state index contributed by atoms with van der Waals surface area (Å²) in [5.74, 6) is 0.948. The molecule has 1 unspecified atom stereocenters. The van der Waals surface area contributed by atoms with Gasteiger partial charge in [-0.15, -0.1) is 0 Å². The number of primary amides is 1. The number of carbonyl (C=O) groups excluding carboxylic acids is 2. The quantitative estimate of drug-likeness (QED) is 0.622. The highest BCUT2D eigenvalue weighted by molar-refractivity contribution is 5.75. The molecule has 1 aromatic carbocycles. The molecule has 0 saturated heterocycles. The van der Waals surface area contributed by atoms with E-state index in [9.17, 15) is 9.59 Å². The van der Waals surface area contributed by atoms with Crippen LogP contribution in [0.3, 0.4) is 0 Å². The Hall–Kier alpha value is -3.03. The number of amides is 3. The van der Waals surface area contributed by atoms with E-state index in [2.05, 4.69) is 15.6 Å². The molecule has 1 heterocycles. The summed E-state index contributed by atoms with van der Waals surface area (Å²) >= 11 is 0. The topological polar surface area (TPSA) is 111 Å². The molecule has 1 atom stereocenters. The maximum Gasteiger partial charge on any atom is 0.315 e. The van der Waals surface area contributed by atoms with Crippen LogP contribution in [0.15, 0.2) is 36.7 Å². The van der Waals surface area contributed by atoms with Crippen LogP contribution in [0.4, 0.5) is 4.79 Å². The van der Waals surface area contributed by atoms with Crippen molar-refractivity contribution in [3.63, 3.8) is 0 Å². The summed E-state index contributed by atoms with van der Waals surface area (Å²) in [6.07, 6.45) is 4.20. The number of nitrogens with one attached hydrogen (secondary N) is 2. The highest BCUT2D eigenvalue weighted by Crippen LogP contribution is 2.28. The average Bonchev–Trinajstić information content (AvgIpc) is 3.02. The molecule has 8 nitrogen and oxygen atoms in total. The summed E-state index contributed by atoms with van der Waals surface area (Å²) in [5.41, 5.74) is 5.88. The molecular weight excluding hydrogens is 322 g/mol. The van der Waals surface area contributed by atoms with Crippen LogP contribution in [0.2, 0.25) is 0 Å². The van der Waals surface area contributed by atoms with Gasteiger partial charge in [0.2, 0.25) is 5.91 Å². The Morgan fingerprint density at radius 1 is 1.36 bits per heavy atom. The number of hydrogen-bond donors (Lipinski definition) is 3. The highest BCUT2D eigenvalue weighted by Gasteiger charge is 2.23. The van der Waals surface area contributed by atoms with Crippen molar-refractivity contribution < 1.29 is 14.3 Å². The molecule has 25 heavy (non-hydrogen) atoms. The third-order valence-electron chi connectivity index (χ3n) is 3.73. The molecule has 0 spiro atoms. The number of urea groups is 1. The minimum absolute atomic E-state index is 0.232. The van der Waals surface area contributed by atoms with Gasteiger partial charge >= 0.3 is 6.03 Å². The van der Waals surface area contributed by atoms with Crippen molar-refractivity contribution in [1.29, 1.82) is 0 Å². The summed E-state index contributed by atoms with van der Waals surface area (Å²) in [4.78, 5) is 27.3. The third-order valence-corrected chi connectivity index (χ3v) is 3.73. The van der Waals surface area contributed by atoms with E-state index >= 15 is 0 Å². The molecule has 2 aromatic rings. The number of ether oxygens (including phenoxy) is 1. The van der Waals surface area contributed by atoms with E-state index in [1.807, 2.05) is 42.1 Å². The maximum absolute atomic E-state index is 12.3. The van der Waals surface area contributed by atoms with Crippen molar-refractivity contribution in [2.24, 2.45) is 12.8 Å². The van der Waals surface area contributed by atoms with Gasteiger partial charge in [-0.25, -0.2) is 9.78 Å². The second-order valence-corrected chi connectivity index (χ2v) is 5.54. The first-order chi connectivity index (χ1) is 12.0. The summed E-state index contributed by atoms with van der Waals surface area (Å²) < 4.78 is 7.25. The summed E-state index contributed by atoms with van der Waals surface area (Å²) in [7, 11) is 3.44. The molecule has 2 rings (SSSR count). The molecule has 0 bridgehead atoms. The van der Waals surface area contributed by atoms with E-state index in [0.717, 1.165) is 5.56 Å². The van der Waals surface area contributed by atoms with Crippen molar-refractivity contribution >= 4 is 11.9 Å². The second kappa shape index (κ2) is 8.72. The molecule has 0 saturated carbocycles. The SMILES string of the molecule is COc1ccccc1C(NC(=O)NCCCC(N)=O)c1nccn1C. The van der Waals surface area contributed by atoms with E-state index in [0.29, 0.717) is 24.5 Å². The number of benzene rings is 1. The monoisotopic (exact) mass is 345 g/mol. The van der Waals surface area contributed by atoms with Crippen molar-refractivity contribution in [2.45, 2.75) is 18.9 Å². The van der Waals surface area contributed by atoms with Crippen LogP contribution in [0.1, 0.15) is 30.3 Å². The lowest BCUT2D eigenvalue weighted by molar-refractivity contribution is -0.118. The molecule has 0 aliphatic rings. The van der Waals surface area contributed by atoms with Crippen molar-refractivity contribution in [1.82, 2.24) is 20.2 Å². The first kappa shape index (κ1) is 18.3. The normalized spacial score (nSPS) is 11.6. The number of para-hydroxylation sites is 1. The fourth-order valence-corrected chi connectivity index (χ4v) is 2.49. The Balaban J connectivity index is 2.15. The van der Waals surface area contributed by atoms with Crippen molar-refractivity contribution in [3.05, 3.63) is 48.0 Å². The highest BCUT2D eigenvalue weighted by atomic mass is 16.5. The second-order valence-electron chi connectivity index (χ2n) is 5.54. The molecule has 4 N–H and O–H groups in total. The van der Waals surface area contributed by atoms with Gasteiger partial charge in [0.25, 0.3) is 0 Å². The molecular formula is C17H23N5O3. The van der Waals surface area contributed by atoms with Gasteiger partial charge in [-0.05, 0) is 12.5 Å². The number of nitrogens with two attached hydrogens (primary N) is 1. The minimum atomic E-state index is -0.479. The lowest BCUT2D eigenvalue weighted by atomic mass is 10.0. The number of methoxy groups -OCH3 is 1. The van der Waals surface area contributed by atoms with Crippen molar-refractivity contribution in [3.8, 4) is 5.75 Å². The van der Waals surface area contributed by atoms with Crippen LogP contribution in [0.25, 0.3) is 0 Å². The zero-order valence-electron chi connectivity index (χ0n) is 14.4. The number of aryl methyl sites for hydroxylation is 1. The molecule has 3 amide bonds. The Labute approximate surface area is 146 Å². The summed E-state index contributed by atoms with van der Waals surface area (Å²) in [6.45, 7) is 0.355. The number of hydrogen-bond acceptors (Lipinski definition) is 4. The Bertz CT molecular complexity index is 729. The Morgan fingerprint density at radius 3 is 2.76 bits per heavy atom. The molecule has 0 aliphatic carbocycles. The molecule has 0 fully saturated rings. The Morgan fingerprint density at radius 2 is 2.12 bits per heavy atom. The Kier molecular flexibility index (Phi) is 6.39. The molecule has 8 heteroatoms. The summed E-state index contributed by atoms with van der Waals surface area (Å²) in [6, 6.07) is 6.61. The van der Waals surface area contributed by atoms with E-state index in [-0.39, 0.29) is 18.4 Å². The van der Waals surface area contributed by atoms with Crippen LogP contribution in [0.5, 0.6) is 5.75 Å². The average molecular weight is 345 g/mol. The number of rotatable bonds is 8. The fourth-order valence-electron chi connectivity index (χ4n) is 2.49. The van der Waals surface area contributed by atoms with Gasteiger partial charge < -0.3 is 25.7 Å². The first-order valence-corrected chi connectivity index (χ1v) is 7.95. The van der Waals surface area contributed by atoms with Gasteiger partial charge in [0.15, 0.2) is 0 Å². The first-order valence-electron chi connectivity index (χ1n) is 7.95. The molecule has 0 aliphatic heterocycles. The van der Waals surface area contributed by atoms with E-state index in [1.165, 1.54) is 0 Å². The lowest BCUT2D eigenvalue weighted by Gasteiger charge is -2.21. The molecule has 0 radical (unpaired) electrons. The van der Waals surface area contributed by atoms with Crippen LogP contribution in [-0.4, -0.2) is 35.1 Å². The van der Waals surface area contributed by atoms with Gasteiger partial charge in [0, 0.05) is 38.0 Å². The van der Waals surface area contributed by atoms with Gasteiger partial charge in [-0.3, -0.25) is 4.79 Å². The molecule has 134 valence electrons. The minimum Gasteiger partial charge on any atom is -0.496 e. The fraction of sp³-hybridized carbons (Fsp3) is 0.353. The summed E-state index contributed by atoms with van der Waals surface area (Å²) in [5, 5.41) is 5.63. The number of aromatic nitrogens is 2. The van der Waals surface area contributed by atoms with Gasteiger partial charge in [0.05, 0.1) is 7.11 Å². The number of imidazole rings is 1. The van der Waals surface area contributed by atoms with Crippen LogP contribution in [-0.2, 0) is 11.8 Å². The predicted octanol–water partition coefficient (Wildman–Crippen LogP) is 1.08.